The second-order valence-corrected chi connectivity index (χ2v) is 2.01. The summed E-state index contributed by atoms with van der Waals surface area (Å²) in [6.07, 6.45) is 16.4. The van der Waals surface area contributed by atoms with E-state index in [0.717, 1.165) is 0 Å². The third-order valence-corrected chi connectivity index (χ3v) is 0.936. The Balaban J connectivity index is -0.0000000823. The Morgan fingerprint density at radius 2 is 1.06 bits per heavy atom. The second-order valence-electron chi connectivity index (χ2n) is 2.01. The molecule has 0 aromatic carbocycles. The van der Waals surface area contributed by atoms with Crippen molar-refractivity contribution in [1.82, 2.24) is 0 Å². The normalized spacial score (nSPS) is 9.29. The molecule has 0 atom stereocenters. The molecule has 4 heteroatoms. The molecule has 0 N–H and O–H groups in total. The van der Waals surface area contributed by atoms with Crippen LogP contribution >= 0.6 is 0 Å². The van der Waals surface area contributed by atoms with Gasteiger partial charge in [-0.05, 0) is 26.4 Å². The Bertz CT molecular complexity index is 227. The molecule has 0 spiro atoms. The molecule has 0 aromatic rings. The number of hydrogen-bond donors (Lipinski definition) is 0. The molecule has 0 rings (SSSR count). The minimum atomic E-state index is 0. The van der Waals surface area contributed by atoms with Gasteiger partial charge in [0.25, 0.3) is 0 Å². The average Bonchev–Trinajstić information content (AvgIpc) is 2.34. The summed E-state index contributed by atoms with van der Waals surface area (Å²) in [5.74, 6) is 0. The molecule has 0 amide bonds. The van der Waals surface area contributed by atoms with Crippen molar-refractivity contribution in [3.8, 4) is 0 Å². The Hall–Kier alpha value is -1.41. The third-order valence-electron chi connectivity index (χ3n) is 0.936. The predicted octanol–water partition coefficient (Wildman–Crippen LogP) is 2.18. The van der Waals surface area contributed by atoms with Crippen molar-refractivity contribution < 1.29 is 33.9 Å². The maximum absolute atomic E-state index is 9.43. The smallest absolute Gasteiger partial charge is 0.545 e. The van der Waals surface area contributed by atoms with Crippen LogP contribution < -0.4 is 0 Å². The molecule has 0 saturated heterocycles. The molecule has 0 aliphatic carbocycles. The fourth-order valence-corrected chi connectivity index (χ4v) is 0.412. The minimum absolute atomic E-state index is 0. The minimum Gasteiger partial charge on any atom is -0.545 e. The van der Waals surface area contributed by atoms with E-state index in [1.54, 1.807) is 36.9 Å². The van der Waals surface area contributed by atoms with E-state index in [0.29, 0.717) is 0 Å². The number of rotatable bonds is 4. The van der Waals surface area contributed by atoms with E-state index in [9.17, 15) is 9.59 Å². The molecular weight excluding hydrogens is 305 g/mol. The van der Waals surface area contributed by atoms with Gasteiger partial charge in [-0.15, -0.1) is 24.3 Å². The maximum atomic E-state index is 9.43. The fourth-order valence-electron chi connectivity index (χ4n) is 0.412. The van der Waals surface area contributed by atoms with Gasteiger partial charge in [0, 0.05) is 0 Å². The number of allylic oxidation sites excluding steroid dienone is 8. The first kappa shape index (κ1) is 24.7. The van der Waals surface area contributed by atoms with Gasteiger partial charge in [0.05, 0.1) is 0 Å². The van der Waals surface area contributed by atoms with Crippen molar-refractivity contribution >= 4 is 19.4 Å². The molecule has 93 valence electrons. The number of hydrogen-bond acceptors (Lipinski definition) is 3. The van der Waals surface area contributed by atoms with Crippen molar-refractivity contribution in [2.45, 2.75) is 13.8 Å². The van der Waals surface area contributed by atoms with Crippen LogP contribution in [0.1, 0.15) is 13.8 Å². The molecule has 0 aromatic heterocycles. The summed E-state index contributed by atoms with van der Waals surface area (Å²) < 4.78 is 0. The maximum Gasteiger partial charge on any atom is 3.00 e. The summed E-state index contributed by atoms with van der Waals surface area (Å²) in [6, 6.07) is 0. The number of carbonyl (C=O) groups excluding carboxylic acids is 3. The van der Waals surface area contributed by atoms with Crippen molar-refractivity contribution in [2.75, 3.05) is 0 Å². The van der Waals surface area contributed by atoms with Crippen LogP contribution in [-0.4, -0.2) is 19.4 Å². The van der Waals surface area contributed by atoms with E-state index in [1.165, 1.54) is 12.2 Å². The summed E-state index contributed by atoms with van der Waals surface area (Å²) in [4.78, 5) is 26.6. The van der Waals surface area contributed by atoms with E-state index in [2.05, 4.69) is 6.79 Å². The fraction of sp³-hybridized carbons (Fsp3) is 0.154. The van der Waals surface area contributed by atoms with Gasteiger partial charge in [-0.1, -0.05) is 0 Å². The largest absolute Gasteiger partial charge is 3.00 e. The van der Waals surface area contributed by atoms with Gasteiger partial charge in [-0.3, -0.25) is 6.79 Å². The topological polar surface area (TPSA) is 51.2 Å². The van der Waals surface area contributed by atoms with Crippen LogP contribution in [0.15, 0.2) is 48.6 Å². The van der Waals surface area contributed by atoms with Crippen LogP contribution in [0.2, 0.25) is 0 Å². The molecule has 0 aliphatic rings. The van der Waals surface area contributed by atoms with Crippen molar-refractivity contribution in [3.05, 3.63) is 48.6 Å². The second kappa shape index (κ2) is 36.5. The molecule has 0 bridgehead atoms. The van der Waals surface area contributed by atoms with Gasteiger partial charge in [0.1, 0.15) is 0 Å². The first-order chi connectivity index (χ1) is 7.83. The van der Waals surface area contributed by atoms with E-state index in [1.807, 2.05) is 26.0 Å². The average molecular weight is 320 g/mol. The van der Waals surface area contributed by atoms with Gasteiger partial charge in [-0.25, -0.2) is 12.2 Å². The van der Waals surface area contributed by atoms with E-state index >= 15 is 0 Å². The van der Waals surface area contributed by atoms with E-state index in [4.69, 9.17) is 4.79 Å². The van der Waals surface area contributed by atoms with Gasteiger partial charge in [0.2, 0.25) is 0 Å². The Labute approximate surface area is 116 Å². The first-order valence-corrected chi connectivity index (χ1v) is 4.38. The van der Waals surface area contributed by atoms with Crippen LogP contribution in [0.3, 0.4) is 0 Å². The standard InChI is InChI=1S/2C6H7O.CHO.Ru/c2*1-2-3-4-5-6-7;1-2;/h2*2-5H,1H3;1H;/q3*-1;+3. The van der Waals surface area contributed by atoms with Crippen molar-refractivity contribution in [3.63, 3.8) is 0 Å². The Morgan fingerprint density at radius 3 is 1.24 bits per heavy atom. The summed E-state index contributed by atoms with van der Waals surface area (Å²) >= 11 is 0. The monoisotopic (exact) mass is 321 g/mol. The summed E-state index contributed by atoms with van der Waals surface area (Å²) in [5, 5.41) is 0. The molecule has 17 heavy (non-hydrogen) atoms. The predicted molar refractivity (Wildman–Crippen MR) is 66.0 cm³/mol. The third kappa shape index (κ3) is 53.2. The summed E-state index contributed by atoms with van der Waals surface area (Å²) in [6.45, 7) is 7.02. The zero-order valence-corrected chi connectivity index (χ0v) is 11.5. The van der Waals surface area contributed by atoms with E-state index in [-0.39, 0.29) is 19.5 Å². The van der Waals surface area contributed by atoms with Gasteiger partial charge >= 0.3 is 19.5 Å². The molecule has 0 heterocycles. The Kier molecular flexibility index (Phi) is 53.1. The first-order valence-electron chi connectivity index (χ1n) is 4.38. The quantitative estimate of drug-likeness (QED) is 0.262. The van der Waals surface area contributed by atoms with Crippen LogP contribution in [0, 0.1) is 0 Å². The molecule has 1 radical (unpaired) electrons. The van der Waals surface area contributed by atoms with Crippen molar-refractivity contribution in [1.29, 1.82) is 0 Å². The zero-order valence-electron chi connectivity index (χ0n) is 9.77. The summed E-state index contributed by atoms with van der Waals surface area (Å²) in [7, 11) is 0. The van der Waals surface area contributed by atoms with Crippen LogP contribution in [0.4, 0.5) is 0 Å². The molecular formula is C13H15O3Ru. The summed E-state index contributed by atoms with van der Waals surface area (Å²) in [5.41, 5.74) is 0. The molecule has 0 saturated carbocycles. The Morgan fingerprint density at radius 1 is 0.765 bits per heavy atom. The van der Waals surface area contributed by atoms with Crippen LogP contribution in [0.5, 0.6) is 0 Å². The zero-order chi connectivity index (χ0) is 13.1. The van der Waals surface area contributed by atoms with Crippen molar-refractivity contribution in [2.24, 2.45) is 0 Å². The molecule has 0 aliphatic heterocycles. The van der Waals surface area contributed by atoms with Gasteiger partial charge in [-0.2, -0.15) is 12.2 Å². The molecule has 3 nitrogen and oxygen atoms in total. The molecule has 0 fully saturated rings. The van der Waals surface area contributed by atoms with Gasteiger partial charge in [0.15, 0.2) is 0 Å². The van der Waals surface area contributed by atoms with Crippen LogP contribution in [-0.2, 0) is 33.9 Å². The van der Waals surface area contributed by atoms with Gasteiger partial charge < -0.3 is 14.4 Å². The molecule has 0 unspecified atom stereocenters. The van der Waals surface area contributed by atoms with Crippen LogP contribution in [0.25, 0.3) is 0 Å². The SMILES string of the molecule is CC=CC=C[C-]=O.CC=CC=C[C-]=O.[CH-]=O.[Ru+3]. The van der Waals surface area contributed by atoms with E-state index < -0.39 is 0 Å².